The van der Waals surface area contributed by atoms with Gasteiger partial charge in [0.25, 0.3) is 5.69 Å². The standard InChI is InChI=1S/C24H16N2O3/c27-26(28)18-10-13-24(25-15-18)29-19-11-8-16(9-12-19)20-6-3-7-22-21-5-2-1-4-17(21)14-23(20)22/h1-13,15H,14H2. The van der Waals surface area contributed by atoms with Gasteiger partial charge in [0, 0.05) is 12.1 Å². The number of rotatable bonds is 4. The van der Waals surface area contributed by atoms with Crippen molar-refractivity contribution in [2.75, 3.05) is 0 Å². The molecule has 0 fully saturated rings. The van der Waals surface area contributed by atoms with Crippen molar-refractivity contribution in [2.24, 2.45) is 0 Å². The fourth-order valence-corrected chi connectivity index (χ4v) is 3.79. The third kappa shape index (κ3) is 3.12. The molecule has 0 unspecified atom stereocenters. The molecule has 5 heteroatoms. The summed E-state index contributed by atoms with van der Waals surface area (Å²) in [5.41, 5.74) is 7.60. The maximum atomic E-state index is 10.7. The Bertz CT molecular complexity index is 1220. The van der Waals surface area contributed by atoms with Crippen LogP contribution in [0.3, 0.4) is 0 Å². The molecule has 5 nitrogen and oxygen atoms in total. The van der Waals surface area contributed by atoms with Crippen LogP contribution in [-0.2, 0) is 6.42 Å². The van der Waals surface area contributed by atoms with E-state index in [-0.39, 0.29) is 5.69 Å². The van der Waals surface area contributed by atoms with Crippen molar-refractivity contribution in [3.63, 3.8) is 0 Å². The lowest BCUT2D eigenvalue weighted by Crippen LogP contribution is -1.92. The van der Waals surface area contributed by atoms with Gasteiger partial charge < -0.3 is 4.74 Å². The second-order valence-electron chi connectivity index (χ2n) is 6.90. The van der Waals surface area contributed by atoms with Gasteiger partial charge in [0.05, 0.1) is 4.92 Å². The summed E-state index contributed by atoms with van der Waals surface area (Å²) in [6, 6.07) is 25.7. The predicted octanol–water partition coefficient (Wildman–Crippen LogP) is 6.02. The Balaban J connectivity index is 1.41. The van der Waals surface area contributed by atoms with Gasteiger partial charge in [-0.2, -0.15) is 0 Å². The van der Waals surface area contributed by atoms with Crippen molar-refractivity contribution >= 4 is 5.69 Å². The van der Waals surface area contributed by atoms with Crippen LogP contribution in [0.1, 0.15) is 11.1 Å². The number of ether oxygens (including phenoxy) is 1. The molecule has 0 saturated heterocycles. The van der Waals surface area contributed by atoms with Crippen LogP contribution in [0, 0.1) is 10.1 Å². The summed E-state index contributed by atoms with van der Waals surface area (Å²) in [6.07, 6.45) is 2.13. The molecule has 0 saturated carbocycles. The zero-order chi connectivity index (χ0) is 19.8. The smallest absolute Gasteiger partial charge is 0.287 e. The third-order valence-electron chi connectivity index (χ3n) is 5.17. The van der Waals surface area contributed by atoms with Crippen LogP contribution < -0.4 is 4.74 Å². The number of nitrogens with zero attached hydrogens (tertiary/aromatic N) is 2. The summed E-state index contributed by atoms with van der Waals surface area (Å²) < 4.78 is 5.71. The first-order valence-corrected chi connectivity index (χ1v) is 9.28. The van der Waals surface area contributed by atoms with Crippen LogP contribution in [0.4, 0.5) is 5.69 Å². The minimum Gasteiger partial charge on any atom is -0.439 e. The topological polar surface area (TPSA) is 65.3 Å². The van der Waals surface area contributed by atoms with E-state index in [0.29, 0.717) is 11.6 Å². The molecule has 1 aliphatic rings. The highest BCUT2D eigenvalue weighted by molar-refractivity contribution is 5.84. The Hall–Kier alpha value is -3.99. The van der Waals surface area contributed by atoms with E-state index in [9.17, 15) is 10.1 Å². The lowest BCUT2D eigenvalue weighted by molar-refractivity contribution is -0.385. The van der Waals surface area contributed by atoms with Crippen molar-refractivity contribution in [3.05, 3.63) is 106 Å². The Morgan fingerprint density at radius 1 is 0.828 bits per heavy atom. The fraction of sp³-hybridized carbons (Fsp3) is 0.0417. The zero-order valence-electron chi connectivity index (χ0n) is 15.4. The molecule has 0 spiro atoms. The molecule has 1 aromatic heterocycles. The number of fused-ring (bicyclic) bond motifs is 3. The summed E-state index contributed by atoms with van der Waals surface area (Å²) in [4.78, 5) is 14.2. The first-order valence-electron chi connectivity index (χ1n) is 9.28. The van der Waals surface area contributed by atoms with Gasteiger partial charge in [-0.15, -0.1) is 0 Å². The molecular formula is C24H16N2O3. The van der Waals surface area contributed by atoms with Gasteiger partial charge in [-0.3, -0.25) is 10.1 Å². The number of aromatic nitrogens is 1. The Labute approximate surface area is 167 Å². The molecule has 0 aliphatic heterocycles. The minimum atomic E-state index is -0.484. The average Bonchev–Trinajstić information content (AvgIpc) is 3.14. The second-order valence-corrected chi connectivity index (χ2v) is 6.90. The summed E-state index contributed by atoms with van der Waals surface area (Å²) in [7, 11) is 0. The molecule has 1 heterocycles. The highest BCUT2D eigenvalue weighted by atomic mass is 16.6. The van der Waals surface area contributed by atoms with Crippen molar-refractivity contribution in [2.45, 2.75) is 6.42 Å². The summed E-state index contributed by atoms with van der Waals surface area (Å²) in [5, 5.41) is 10.7. The molecule has 0 atom stereocenters. The highest BCUT2D eigenvalue weighted by Gasteiger charge is 2.20. The predicted molar refractivity (Wildman–Crippen MR) is 111 cm³/mol. The second kappa shape index (κ2) is 6.87. The van der Waals surface area contributed by atoms with Crippen molar-refractivity contribution in [1.82, 2.24) is 4.98 Å². The fourth-order valence-electron chi connectivity index (χ4n) is 3.79. The molecule has 1 aliphatic carbocycles. The van der Waals surface area contributed by atoms with E-state index in [1.807, 2.05) is 24.3 Å². The Morgan fingerprint density at radius 2 is 1.59 bits per heavy atom. The Kier molecular flexibility index (Phi) is 4.06. The lowest BCUT2D eigenvalue weighted by Gasteiger charge is -2.10. The van der Waals surface area contributed by atoms with E-state index in [1.54, 1.807) is 0 Å². The normalized spacial score (nSPS) is 11.6. The number of hydrogen-bond donors (Lipinski definition) is 0. The minimum absolute atomic E-state index is 0.0633. The average molecular weight is 380 g/mol. The molecule has 140 valence electrons. The maximum absolute atomic E-state index is 10.7. The number of nitro groups is 1. The number of pyridine rings is 1. The van der Waals surface area contributed by atoms with Gasteiger partial charge in [0.2, 0.25) is 5.88 Å². The highest BCUT2D eigenvalue weighted by Crippen LogP contribution is 2.41. The van der Waals surface area contributed by atoms with Gasteiger partial charge in [0.15, 0.2) is 0 Å². The summed E-state index contributed by atoms with van der Waals surface area (Å²) in [6.45, 7) is 0. The van der Waals surface area contributed by atoms with E-state index in [1.165, 1.54) is 46.1 Å². The molecular weight excluding hydrogens is 364 g/mol. The van der Waals surface area contributed by atoms with Crippen molar-refractivity contribution in [1.29, 1.82) is 0 Å². The molecule has 0 radical (unpaired) electrons. The van der Waals surface area contributed by atoms with Gasteiger partial charge in [-0.25, -0.2) is 4.98 Å². The molecule has 0 N–H and O–H groups in total. The van der Waals surface area contributed by atoms with Crippen LogP contribution in [-0.4, -0.2) is 9.91 Å². The number of benzene rings is 3. The number of hydrogen-bond acceptors (Lipinski definition) is 4. The van der Waals surface area contributed by atoms with Gasteiger partial charge in [-0.1, -0.05) is 54.6 Å². The Morgan fingerprint density at radius 3 is 2.34 bits per heavy atom. The summed E-state index contributed by atoms with van der Waals surface area (Å²) in [5.74, 6) is 0.949. The first-order chi connectivity index (χ1) is 14.2. The lowest BCUT2D eigenvalue weighted by atomic mass is 9.96. The van der Waals surface area contributed by atoms with E-state index < -0.39 is 4.92 Å². The van der Waals surface area contributed by atoms with Crippen LogP contribution in [0.25, 0.3) is 22.3 Å². The van der Waals surface area contributed by atoms with Crippen molar-refractivity contribution < 1.29 is 9.66 Å². The summed E-state index contributed by atoms with van der Waals surface area (Å²) >= 11 is 0. The SMILES string of the molecule is O=[N+]([O-])c1ccc(Oc2ccc(-c3cccc4c3Cc3ccccc3-4)cc2)nc1. The van der Waals surface area contributed by atoms with E-state index in [2.05, 4.69) is 47.4 Å². The monoisotopic (exact) mass is 380 g/mol. The molecule has 4 aromatic rings. The van der Waals surface area contributed by atoms with Crippen LogP contribution >= 0.6 is 0 Å². The third-order valence-corrected chi connectivity index (χ3v) is 5.17. The van der Waals surface area contributed by atoms with E-state index in [0.717, 1.165) is 12.0 Å². The van der Waals surface area contributed by atoms with E-state index in [4.69, 9.17) is 4.74 Å². The molecule has 5 rings (SSSR count). The molecule has 0 amide bonds. The molecule has 0 bridgehead atoms. The van der Waals surface area contributed by atoms with Crippen LogP contribution in [0.2, 0.25) is 0 Å². The van der Waals surface area contributed by atoms with Gasteiger partial charge in [-0.05, 0) is 51.9 Å². The van der Waals surface area contributed by atoms with Crippen LogP contribution in [0.5, 0.6) is 11.6 Å². The van der Waals surface area contributed by atoms with Gasteiger partial charge >= 0.3 is 0 Å². The van der Waals surface area contributed by atoms with Crippen LogP contribution in [0.15, 0.2) is 85.1 Å². The largest absolute Gasteiger partial charge is 0.439 e. The maximum Gasteiger partial charge on any atom is 0.287 e. The van der Waals surface area contributed by atoms with E-state index >= 15 is 0 Å². The zero-order valence-corrected chi connectivity index (χ0v) is 15.4. The quantitative estimate of drug-likeness (QED) is 0.282. The first kappa shape index (κ1) is 17.1. The van der Waals surface area contributed by atoms with Crippen molar-refractivity contribution in [3.8, 4) is 33.9 Å². The molecule has 29 heavy (non-hydrogen) atoms. The van der Waals surface area contributed by atoms with Gasteiger partial charge in [0.1, 0.15) is 11.9 Å². The molecule has 3 aromatic carbocycles.